The van der Waals surface area contributed by atoms with Crippen LogP contribution in [0.5, 0.6) is 0 Å². The third-order valence-electron chi connectivity index (χ3n) is 2.53. The average Bonchev–Trinajstić information content (AvgIpc) is 2.64. The second-order valence-corrected chi connectivity index (χ2v) is 4.57. The first-order chi connectivity index (χ1) is 8.04. The van der Waals surface area contributed by atoms with Crippen molar-refractivity contribution < 1.29 is 9.90 Å². The fourth-order valence-electron chi connectivity index (χ4n) is 1.68. The summed E-state index contributed by atoms with van der Waals surface area (Å²) in [6.07, 6.45) is 2.32. The van der Waals surface area contributed by atoms with Gasteiger partial charge in [0.25, 0.3) is 0 Å². The molecule has 1 aromatic rings. The van der Waals surface area contributed by atoms with Crippen LogP contribution in [0.15, 0.2) is 6.33 Å². The van der Waals surface area contributed by atoms with E-state index in [2.05, 4.69) is 23.9 Å². The Morgan fingerprint density at radius 3 is 2.82 bits per heavy atom. The van der Waals surface area contributed by atoms with Gasteiger partial charge in [-0.1, -0.05) is 13.8 Å². The predicted octanol–water partition coefficient (Wildman–Crippen LogP) is 0.526. The van der Waals surface area contributed by atoms with E-state index < -0.39 is 11.9 Å². The average molecular weight is 240 g/mol. The second kappa shape index (κ2) is 6.34. The molecule has 1 unspecified atom stereocenters. The van der Waals surface area contributed by atoms with Gasteiger partial charge in [-0.3, -0.25) is 4.79 Å². The van der Waals surface area contributed by atoms with Crippen LogP contribution in [-0.2, 0) is 17.8 Å². The van der Waals surface area contributed by atoms with Crippen LogP contribution in [0.4, 0.5) is 0 Å². The Bertz CT molecular complexity index is 362. The number of carbonyl (C=O) groups is 1. The van der Waals surface area contributed by atoms with Crippen LogP contribution in [-0.4, -0.2) is 32.4 Å². The monoisotopic (exact) mass is 240 g/mol. The molecule has 1 heterocycles. The van der Waals surface area contributed by atoms with Crippen LogP contribution >= 0.6 is 0 Å². The number of aliphatic carboxylic acids is 1. The molecule has 0 amide bonds. The Kier molecular flexibility index (Phi) is 5.09. The van der Waals surface area contributed by atoms with Crippen molar-refractivity contribution in [1.29, 1.82) is 0 Å². The zero-order chi connectivity index (χ0) is 12.8. The minimum Gasteiger partial charge on any atom is -0.481 e. The van der Waals surface area contributed by atoms with E-state index >= 15 is 0 Å². The van der Waals surface area contributed by atoms with E-state index in [1.807, 2.05) is 0 Å². The first-order valence-corrected chi connectivity index (χ1v) is 5.84. The van der Waals surface area contributed by atoms with Gasteiger partial charge in [0.1, 0.15) is 12.2 Å². The number of carboxylic acids is 1. The third kappa shape index (κ3) is 4.14. The summed E-state index contributed by atoms with van der Waals surface area (Å²) in [4.78, 5) is 15.2. The van der Waals surface area contributed by atoms with Crippen LogP contribution < -0.4 is 5.73 Å². The standard InChI is InChI=1S/C11H20N4O2/c1-8(2)6-15-10(13-7-14-15)5-9(3-4-12)11(16)17/h7-9H,3-6,12H2,1-2H3,(H,16,17). The lowest BCUT2D eigenvalue weighted by molar-refractivity contribution is -0.141. The maximum absolute atomic E-state index is 11.0. The fraction of sp³-hybridized carbons (Fsp3) is 0.727. The molecule has 1 aromatic heterocycles. The molecule has 96 valence electrons. The first kappa shape index (κ1) is 13.6. The summed E-state index contributed by atoms with van der Waals surface area (Å²) in [7, 11) is 0. The highest BCUT2D eigenvalue weighted by molar-refractivity contribution is 5.70. The summed E-state index contributed by atoms with van der Waals surface area (Å²) < 4.78 is 1.77. The molecule has 0 aliphatic carbocycles. The highest BCUT2D eigenvalue weighted by atomic mass is 16.4. The molecule has 6 nitrogen and oxygen atoms in total. The highest BCUT2D eigenvalue weighted by Gasteiger charge is 2.20. The Balaban J connectivity index is 2.71. The maximum Gasteiger partial charge on any atom is 0.306 e. The normalized spacial score (nSPS) is 12.9. The fourth-order valence-corrected chi connectivity index (χ4v) is 1.68. The van der Waals surface area contributed by atoms with Gasteiger partial charge in [0.15, 0.2) is 0 Å². The van der Waals surface area contributed by atoms with Gasteiger partial charge in [-0.15, -0.1) is 0 Å². The zero-order valence-electron chi connectivity index (χ0n) is 10.3. The van der Waals surface area contributed by atoms with Crippen LogP contribution in [0, 0.1) is 11.8 Å². The highest BCUT2D eigenvalue weighted by Crippen LogP contribution is 2.11. The van der Waals surface area contributed by atoms with Gasteiger partial charge < -0.3 is 10.8 Å². The maximum atomic E-state index is 11.0. The van der Waals surface area contributed by atoms with Gasteiger partial charge in [0.05, 0.1) is 5.92 Å². The van der Waals surface area contributed by atoms with Crippen molar-refractivity contribution in [2.45, 2.75) is 33.2 Å². The molecule has 0 spiro atoms. The SMILES string of the molecule is CC(C)Cn1ncnc1CC(CCN)C(=O)O. The van der Waals surface area contributed by atoms with Gasteiger partial charge in [0, 0.05) is 13.0 Å². The molecule has 0 aliphatic rings. The van der Waals surface area contributed by atoms with Crippen molar-refractivity contribution in [3.8, 4) is 0 Å². The van der Waals surface area contributed by atoms with E-state index in [0.29, 0.717) is 25.3 Å². The molecular formula is C11H20N4O2. The molecule has 0 fully saturated rings. The summed E-state index contributed by atoms with van der Waals surface area (Å²) in [5.41, 5.74) is 5.41. The Hall–Kier alpha value is -1.43. The molecular weight excluding hydrogens is 220 g/mol. The van der Waals surface area contributed by atoms with Gasteiger partial charge >= 0.3 is 5.97 Å². The van der Waals surface area contributed by atoms with Crippen LogP contribution in [0.25, 0.3) is 0 Å². The number of rotatable bonds is 7. The summed E-state index contributed by atoms with van der Waals surface area (Å²) >= 11 is 0. The summed E-state index contributed by atoms with van der Waals surface area (Å²) in [6.45, 7) is 5.29. The topological polar surface area (TPSA) is 94.0 Å². The lowest BCUT2D eigenvalue weighted by Gasteiger charge is -2.12. The lowest BCUT2D eigenvalue weighted by atomic mass is 10.0. The number of carboxylic acid groups (broad SMARTS) is 1. The van der Waals surface area contributed by atoms with Crippen molar-refractivity contribution in [3.05, 3.63) is 12.2 Å². The largest absolute Gasteiger partial charge is 0.481 e. The van der Waals surface area contributed by atoms with Crippen LogP contribution in [0.2, 0.25) is 0 Å². The van der Waals surface area contributed by atoms with Crippen LogP contribution in [0.3, 0.4) is 0 Å². The molecule has 0 aromatic carbocycles. The Morgan fingerprint density at radius 1 is 1.59 bits per heavy atom. The summed E-state index contributed by atoms with van der Waals surface area (Å²) in [5.74, 6) is -0.127. The molecule has 0 saturated heterocycles. The van der Waals surface area contributed by atoms with E-state index in [1.165, 1.54) is 6.33 Å². The van der Waals surface area contributed by atoms with Crippen molar-refractivity contribution >= 4 is 5.97 Å². The van der Waals surface area contributed by atoms with Crippen molar-refractivity contribution in [2.75, 3.05) is 6.54 Å². The van der Waals surface area contributed by atoms with Crippen molar-refractivity contribution in [1.82, 2.24) is 14.8 Å². The molecule has 1 rings (SSSR count). The third-order valence-corrected chi connectivity index (χ3v) is 2.53. The van der Waals surface area contributed by atoms with E-state index in [1.54, 1.807) is 4.68 Å². The van der Waals surface area contributed by atoms with E-state index in [4.69, 9.17) is 10.8 Å². The number of hydrogen-bond donors (Lipinski definition) is 2. The molecule has 0 radical (unpaired) electrons. The van der Waals surface area contributed by atoms with Crippen LogP contribution in [0.1, 0.15) is 26.1 Å². The molecule has 17 heavy (non-hydrogen) atoms. The van der Waals surface area contributed by atoms with Crippen molar-refractivity contribution in [2.24, 2.45) is 17.6 Å². The lowest BCUT2D eigenvalue weighted by Crippen LogP contribution is -2.22. The first-order valence-electron chi connectivity index (χ1n) is 5.84. The summed E-state index contributed by atoms with van der Waals surface area (Å²) in [5, 5.41) is 13.2. The zero-order valence-corrected chi connectivity index (χ0v) is 10.3. The van der Waals surface area contributed by atoms with Gasteiger partial charge in [-0.05, 0) is 18.9 Å². The predicted molar refractivity (Wildman–Crippen MR) is 63.4 cm³/mol. The summed E-state index contributed by atoms with van der Waals surface area (Å²) in [6, 6.07) is 0. The van der Waals surface area contributed by atoms with Crippen molar-refractivity contribution in [3.63, 3.8) is 0 Å². The van der Waals surface area contributed by atoms with E-state index in [-0.39, 0.29) is 0 Å². The van der Waals surface area contributed by atoms with E-state index in [9.17, 15) is 4.79 Å². The smallest absolute Gasteiger partial charge is 0.306 e. The molecule has 0 bridgehead atoms. The Labute approximate surface area is 101 Å². The molecule has 6 heteroatoms. The number of hydrogen-bond acceptors (Lipinski definition) is 4. The number of aromatic nitrogens is 3. The number of nitrogens with zero attached hydrogens (tertiary/aromatic N) is 3. The molecule has 1 atom stereocenters. The molecule has 0 aliphatic heterocycles. The van der Waals surface area contributed by atoms with Gasteiger partial charge in [-0.25, -0.2) is 9.67 Å². The minimum atomic E-state index is -0.824. The quantitative estimate of drug-likeness (QED) is 0.725. The van der Waals surface area contributed by atoms with E-state index in [0.717, 1.165) is 12.4 Å². The Morgan fingerprint density at radius 2 is 2.29 bits per heavy atom. The molecule has 3 N–H and O–H groups in total. The minimum absolute atomic E-state index is 0.370. The number of nitrogens with two attached hydrogens (primary N) is 1. The molecule has 0 saturated carbocycles. The van der Waals surface area contributed by atoms with Gasteiger partial charge in [-0.2, -0.15) is 5.10 Å². The van der Waals surface area contributed by atoms with Gasteiger partial charge in [0.2, 0.25) is 0 Å². The second-order valence-electron chi connectivity index (χ2n) is 4.57.